The first-order chi connectivity index (χ1) is 9.35. The van der Waals surface area contributed by atoms with E-state index in [1.165, 1.54) is 25.7 Å². The number of ether oxygens (including phenoxy) is 2. The highest BCUT2D eigenvalue weighted by Gasteiger charge is 2.41. The zero-order chi connectivity index (χ0) is 14.4. The summed E-state index contributed by atoms with van der Waals surface area (Å²) in [6.07, 6.45) is 5.53. The van der Waals surface area contributed by atoms with Crippen LogP contribution in [0.15, 0.2) is 0 Å². The molecule has 116 valence electrons. The fraction of sp³-hybridized carbons (Fsp3) is 1.00. The van der Waals surface area contributed by atoms with Crippen LogP contribution in [0.2, 0.25) is 0 Å². The monoisotopic (exact) mass is 282 g/mol. The Bertz CT molecular complexity index is 314. The van der Waals surface area contributed by atoms with E-state index < -0.39 is 0 Å². The minimum atomic E-state index is 0.141. The summed E-state index contributed by atoms with van der Waals surface area (Å²) in [5.74, 6) is 1.34. The summed E-state index contributed by atoms with van der Waals surface area (Å²) in [6.45, 7) is 10.5. The molecular formula is C16H30N2O2. The lowest BCUT2D eigenvalue weighted by atomic mass is 9.80. The molecular weight excluding hydrogens is 252 g/mol. The summed E-state index contributed by atoms with van der Waals surface area (Å²) >= 11 is 0. The van der Waals surface area contributed by atoms with Crippen molar-refractivity contribution >= 4 is 0 Å². The Balaban J connectivity index is 1.48. The largest absolute Gasteiger partial charge is 0.361 e. The van der Waals surface area contributed by atoms with E-state index in [9.17, 15) is 0 Å². The maximum absolute atomic E-state index is 5.94. The highest BCUT2D eigenvalue weighted by molar-refractivity contribution is 4.92. The molecule has 0 bridgehead atoms. The molecule has 2 unspecified atom stereocenters. The average molecular weight is 282 g/mol. The summed E-state index contributed by atoms with van der Waals surface area (Å²) in [5.41, 5.74) is 0.281. The van der Waals surface area contributed by atoms with Gasteiger partial charge in [0.25, 0.3) is 0 Å². The van der Waals surface area contributed by atoms with Crippen LogP contribution < -0.4 is 10.6 Å². The highest BCUT2D eigenvalue weighted by Crippen LogP contribution is 2.37. The van der Waals surface area contributed by atoms with Crippen molar-refractivity contribution in [1.82, 2.24) is 10.6 Å². The van der Waals surface area contributed by atoms with Crippen molar-refractivity contribution in [2.75, 3.05) is 13.2 Å². The van der Waals surface area contributed by atoms with Crippen LogP contribution in [0, 0.1) is 11.8 Å². The Morgan fingerprint density at radius 3 is 1.30 bits per heavy atom. The molecule has 4 nitrogen and oxygen atoms in total. The Morgan fingerprint density at radius 1 is 0.700 bits per heavy atom. The zero-order valence-corrected chi connectivity index (χ0v) is 13.4. The molecule has 20 heavy (non-hydrogen) atoms. The average Bonchev–Trinajstić information content (AvgIpc) is 2.92. The molecule has 2 atom stereocenters. The Labute approximate surface area is 123 Å². The second-order valence-corrected chi connectivity index (χ2v) is 8.19. The van der Waals surface area contributed by atoms with Crippen LogP contribution in [0.5, 0.6) is 0 Å². The fourth-order valence-corrected chi connectivity index (χ4v) is 3.79. The molecule has 0 amide bonds. The van der Waals surface area contributed by atoms with Crippen molar-refractivity contribution in [2.45, 2.75) is 76.9 Å². The molecule has 2 N–H and O–H groups in total. The van der Waals surface area contributed by atoms with Gasteiger partial charge in [0.15, 0.2) is 0 Å². The molecule has 1 saturated carbocycles. The van der Waals surface area contributed by atoms with E-state index >= 15 is 0 Å². The normalized spacial score (nSPS) is 43.8. The summed E-state index contributed by atoms with van der Waals surface area (Å²) in [5, 5.41) is 7.26. The van der Waals surface area contributed by atoms with E-state index in [0.717, 1.165) is 13.2 Å². The van der Waals surface area contributed by atoms with Crippen molar-refractivity contribution in [3.8, 4) is 0 Å². The van der Waals surface area contributed by atoms with Gasteiger partial charge in [0.05, 0.1) is 13.2 Å². The summed E-state index contributed by atoms with van der Waals surface area (Å²) in [6, 6.07) is 0. The van der Waals surface area contributed by atoms with Crippen LogP contribution in [-0.2, 0) is 9.47 Å². The molecule has 3 aliphatic rings. The number of nitrogens with one attached hydrogen (secondary N) is 2. The number of hydrogen-bond donors (Lipinski definition) is 2. The molecule has 0 aromatic rings. The van der Waals surface area contributed by atoms with Gasteiger partial charge in [-0.15, -0.1) is 0 Å². The van der Waals surface area contributed by atoms with E-state index in [1.54, 1.807) is 0 Å². The fourth-order valence-electron chi connectivity index (χ4n) is 3.79. The van der Waals surface area contributed by atoms with Gasteiger partial charge in [0, 0.05) is 11.1 Å². The lowest BCUT2D eigenvalue weighted by Gasteiger charge is -2.35. The van der Waals surface area contributed by atoms with Crippen LogP contribution in [0.1, 0.15) is 53.4 Å². The first kappa shape index (κ1) is 14.8. The summed E-state index contributed by atoms with van der Waals surface area (Å²) in [4.78, 5) is 0. The van der Waals surface area contributed by atoms with Crippen molar-refractivity contribution in [3.05, 3.63) is 0 Å². The third-order valence-corrected chi connectivity index (χ3v) is 4.99. The second-order valence-electron chi connectivity index (χ2n) is 8.19. The number of rotatable bonds is 2. The Morgan fingerprint density at radius 2 is 1.05 bits per heavy atom. The van der Waals surface area contributed by atoms with E-state index in [0.29, 0.717) is 11.8 Å². The van der Waals surface area contributed by atoms with Gasteiger partial charge in [-0.2, -0.15) is 0 Å². The van der Waals surface area contributed by atoms with Gasteiger partial charge in [0.2, 0.25) is 0 Å². The molecule has 1 aliphatic carbocycles. The third kappa shape index (κ3) is 3.19. The molecule has 3 rings (SSSR count). The number of hydrogen-bond acceptors (Lipinski definition) is 4. The molecule has 0 radical (unpaired) electrons. The quantitative estimate of drug-likeness (QED) is 0.815. The van der Waals surface area contributed by atoms with Crippen LogP contribution in [-0.4, -0.2) is 36.7 Å². The Hall–Kier alpha value is -0.160. The van der Waals surface area contributed by atoms with Gasteiger partial charge in [-0.05, 0) is 65.2 Å². The van der Waals surface area contributed by atoms with Gasteiger partial charge in [-0.3, -0.25) is 10.6 Å². The molecule has 2 aliphatic heterocycles. The van der Waals surface area contributed by atoms with E-state index in [2.05, 4.69) is 38.3 Å². The van der Waals surface area contributed by atoms with Crippen molar-refractivity contribution in [3.63, 3.8) is 0 Å². The minimum absolute atomic E-state index is 0.141. The topological polar surface area (TPSA) is 42.5 Å². The first-order valence-corrected chi connectivity index (χ1v) is 8.13. The van der Waals surface area contributed by atoms with Crippen molar-refractivity contribution < 1.29 is 9.47 Å². The lowest BCUT2D eigenvalue weighted by Crippen LogP contribution is -2.45. The van der Waals surface area contributed by atoms with Gasteiger partial charge < -0.3 is 9.47 Å². The predicted octanol–water partition coefficient (Wildman–Crippen LogP) is 2.24. The molecule has 3 fully saturated rings. The molecule has 0 aromatic heterocycles. The van der Waals surface area contributed by atoms with E-state index in [-0.39, 0.29) is 23.5 Å². The van der Waals surface area contributed by atoms with E-state index in [1.807, 2.05) is 0 Å². The summed E-state index contributed by atoms with van der Waals surface area (Å²) in [7, 11) is 0. The van der Waals surface area contributed by atoms with Gasteiger partial charge in [-0.25, -0.2) is 0 Å². The molecule has 2 heterocycles. The SMILES string of the molecule is CC1(C)COC(C2CCC(C3NC(C)(C)CO3)CC2)N1. The standard InChI is InChI=1S/C16H30N2O2/c1-15(2)9-19-13(17-15)11-5-7-12(8-6-11)14-18-16(3,4)10-20-14/h11-14,17-18H,5-10H2,1-4H3. The minimum Gasteiger partial charge on any atom is -0.361 e. The second kappa shape index (κ2) is 5.24. The lowest BCUT2D eigenvalue weighted by molar-refractivity contribution is -0.00381. The van der Waals surface area contributed by atoms with Gasteiger partial charge >= 0.3 is 0 Å². The smallest absolute Gasteiger partial charge is 0.111 e. The Kier molecular flexibility index (Phi) is 3.87. The molecule has 0 spiro atoms. The zero-order valence-electron chi connectivity index (χ0n) is 13.4. The van der Waals surface area contributed by atoms with Crippen LogP contribution in [0.25, 0.3) is 0 Å². The highest BCUT2D eigenvalue weighted by atomic mass is 16.5. The van der Waals surface area contributed by atoms with Gasteiger partial charge in [0.1, 0.15) is 12.5 Å². The summed E-state index contributed by atoms with van der Waals surface area (Å²) < 4.78 is 11.9. The predicted molar refractivity (Wildman–Crippen MR) is 79.4 cm³/mol. The van der Waals surface area contributed by atoms with Crippen LogP contribution in [0.3, 0.4) is 0 Å². The molecule has 2 saturated heterocycles. The molecule has 0 aromatic carbocycles. The van der Waals surface area contributed by atoms with Gasteiger partial charge in [-0.1, -0.05) is 0 Å². The maximum atomic E-state index is 5.94. The van der Waals surface area contributed by atoms with Crippen LogP contribution in [0.4, 0.5) is 0 Å². The third-order valence-electron chi connectivity index (χ3n) is 4.99. The van der Waals surface area contributed by atoms with Crippen molar-refractivity contribution in [1.29, 1.82) is 0 Å². The molecule has 4 heteroatoms. The maximum Gasteiger partial charge on any atom is 0.111 e. The van der Waals surface area contributed by atoms with Crippen molar-refractivity contribution in [2.24, 2.45) is 11.8 Å². The first-order valence-electron chi connectivity index (χ1n) is 8.13. The van der Waals surface area contributed by atoms with Crippen LogP contribution >= 0.6 is 0 Å². The van der Waals surface area contributed by atoms with E-state index in [4.69, 9.17) is 9.47 Å².